The van der Waals surface area contributed by atoms with Gasteiger partial charge < -0.3 is 9.73 Å². The van der Waals surface area contributed by atoms with Crippen LogP contribution < -0.4 is 16.6 Å². The van der Waals surface area contributed by atoms with E-state index in [0.717, 1.165) is 14.8 Å². The maximum Gasteiger partial charge on any atom is 0.352 e. The molecule has 0 aliphatic carbocycles. The molecule has 0 saturated carbocycles. The lowest BCUT2D eigenvalue weighted by Crippen LogP contribution is -2.46. The molecule has 0 unspecified atom stereocenters. The van der Waals surface area contributed by atoms with Crippen molar-refractivity contribution in [2.24, 2.45) is 0 Å². The van der Waals surface area contributed by atoms with E-state index in [1.54, 1.807) is 54.6 Å². The standard InChI is InChI=1S/C22H17ClN4O4/c23-16-8-4-9-17(12-16)27-22(30)26(14-15-6-2-1-3-7-15)21(29)19(25-27)20(28)24-13-18-10-5-11-31-18/h1-12H,13-14H2,(H,24,28). The Kier molecular flexibility index (Phi) is 5.81. The van der Waals surface area contributed by atoms with Gasteiger partial charge in [-0.3, -0.25) is 14.2 Å². The Labute approximate surface area is 181 Å². The molecule has 0 atom stereocenters. The number of nitrogens with one attached hydrogen (secondary N) is 1. The summed E-state index contributed by atoms with van der Waals surface area (Å²) in [6.45, 7) is 0.0575. The van der Waals surface area contributed by atoms with Crippen molar-refractivity contribution >= 4 is 17.5 Å². The highest BCUT2D eigenvalue weighted by Gasteiger charge is 2.20. The zero-order valence-corrected chi connectivity index (χ0v) is 17.0. The molecular weight excluding hydrogens is 420 g/mol. The number of benzene rings is 2. The molecule has 0 saturated heterocycles. The number of hydrogen-bond donors (Lipinski definition) is 1. The van der Waals surface area contributed by atoms with Crippen molar-refractivity contribution in [3.8, 4) is 5.69 Å². The van der Waals surface area contributed by atoms with Gasteiger partial charge in [0.15, 0.2) is 0 Å². The second-order valence-corrected chi connectivity index (χ2v) is 7.10. The number of furan rings is 1. The Morgan fingerprint density at radius 3 is 2.55 bits per heavy atom. The molecule has 0 aliphatic rings. The van der Waals surface area contributed by atoms with Gasteiger partial charge in [0.25, 0.3) is 11.5 Å². The summed E-state index contributed by atoms with van der Waals surface area (Å²) in [7, 11) is 0. The van der Waals surface area contributed by atoms with Gasteiger partial charge in [-0.05, 0) is 35.9 Å². The van der Waals surface area contributed by atoms with Crippen LogP contribution >= 0.6 is 11.6 Å². The van der Waals surface area contributed by atoms with E-state index >= 15 is 0 Å². The SMILES string of the molecule is O=C(NCc1ccco1)c1nn(-c2cccc(Cl)c2)c(=O)n(Cc2ccccc2)c1=O. The number of carbonyl (C=O) groups excluding carboxylic acids is 1. The topological polar surface area (TPSA) is 99.1 Å². The molecule has 0 radical (unpaired) electrons. The molecule has 9 heteroatoms. The molecular formula is C22H17ClN4O4. The monoisotopic (exact) mass is 436 g/mol. The van der Waals surface area contributed by atoms with Crippen molar-refractivity contribution in [3.05, 3.63) is 116 Å². The number of nitrogens with zero attached hydrogens (tertiary/aromatic N) is 3. The van der Waals surface area contributed by atoms with Crippen molar-refractivity contribution in [2.45, 2.75) is 13.1 Å². The summed E-state index contributed by atoms with van der Waals surface area (Å²) in [4.78, 5) is 38.9. The molecule has 2 aromatic heterocycles. The first-order chi connectivity index (χ1) is 15.0. The summed E-state index contributed by atoms with van der Waals surface area (Å²) in [5.41, 5.74) is -0.822. The molecule has 0 fully saturated rings. The van der Waals surface area contributed by atoms with E-state index in [2.05, 4.69) is 10.4 Å². The largest absolute Gasteiger partial charge is 0.467 e. The van der Waals surface area contributed by atoms with Crippen LogP contribution in [0.4, 0.5) is 0 Å². The van der Waals surface area contributed by atoms with Crippen LogP contribution in [0.15, 0.2) is 87.0 Å². The molecule has 156 valence electrons. The Balaban J connectivity index is 1.80. The molecule has 0 aliphatic heterocycles. The predicted octanol–water partition coefficient (Wildman–Crippen LogP) is 2.62. The zero-order valence-electron chi connectivity index (χ0n) is 16.2. The molecule has 0 bridgehead atoms. The Morgan fingerprint density at radius 2 is 1.84 bits per heavy atom. The van der Waals surface area contributed by atoms with E-state index in [9.17, 15) is 14.4 Å². The van der Waals surface area contributed by atoms with E-state index < -0.39 is 22.9 Å². The van der Waals surface area contributed by atoms with Gasteiger partial charge in [0, 0.05) is 5.02 Å². The number of aromatic nitrogens is 3. The van der Waals surface area contributed by atoms with Crippen molar-refractivity contribution in [2.75, 3.05) is 0 Å². The molecule has 4 rings (SSSR count). The van der Waals surface area contributed by atoms with Crippen molar-refractivity contribution < 1.29 is 9.21 Å². The number of carbonyl (C=O) groups is 1. The summed E-state index contributed by atoms with van der Waals surface area (Å²) in [6.07, 6.45) is 1.48. The Morgan fingerprint density at radius 1 is 1.03 bits per heavy atom. The first-order valence-electron chi connectivity index (χ1n) is 9.37. The second-order valence-electron chi connectivity index (χ2n) is 6.66. The maximum absolute atomic E-state index is 13.1. The van der Waals surface area contributed by atoms with Gasteiger partial charge in [0.1, 0.15) is 5.76 Å². The van der Waals surface area contributed by atoms with Gasteiger partial charge in [0.05, 0.1) is 25.0 Å². The third kappa shape index (κ3) is 4.49. The normalized spacial score (nSPS) is 10.7. The first kappa shape index (κ1) is 20.4. The third-order valence-corrected chi connectivity index (χ3v) is 4.75. The van der Waals surface area contributed by atoms with Crippen molar-refractivity contribution in [3.63, 3.8) is 0 Å². The van der Waals surface area contributed by atoms with E-state index in [0.29, 0.717) is 16.5 Å². The second kappa shape index (κ2) is 8.85. The van der Waals surface area contributed by atoms with Crippen LogP contribution in [0.25, 0.3) is 5.69 Å². The van der Waals surface area contributed by atoms with E-state index in [4.69, 9.17) is 16.0 Å². The van der Waals surface area contributed by atoms with Gasteiger partial charge in [-0.1, -0.05) is 48.0 Å². The first-order valence-corrected chi connectivity index (χ1v) is 9.75. The molecule has 2 aromatic carbocycles. The summed E-state index contributed by atoms with van der Waals surface area (Å²) in [5.74, 6) is -0.208. The predicted molar refractivity (Wildman–Crippen MR) is 115 cm³/mol. The minimum Gasteiger partial charge on any atom is -0.467 e. The van der Waals surface area contributed by atoms with Crippen LogP contribution in [0.2, 0.25) is 5.02 Å². The van der Waals surface area contributed by atoms with Crippen LogP contribution in [-0.4, -0.2) is 20.3 Å². The fraction of sp³-hybridized carbons (Fsp3) is 0.0909. The van der Waals surface area contributed by atoms with Gasteiger partial charge in [-0.15, -0.1) is 0 Å². The highest BCUT2D eigenvalue weighted by atomic mass is 35.5. The molecule has 8 nitrogen and oxygen atoms in total. The summed E-state index contributed by atoms with van der Waals surface area (Å²) in [5, 5.41) is 7.03. The molecule has 1 N–H and O–H groups in total. The quantitative estimate of drug-likeness (QED) is 0.501. The van der Waals surface area contributed by atoms with Crippen molar-refractivity contribution in [1.82, 2.24) is 19.7 Å². The van der Waals surface area contributed by atoms with Crippen LogP contribution in [0.3, 0.4) is 0 Å². The zero-order chi connectivity index (χ0) is 21.8. The number of hydrogen-bond acceptors (Lipinski definition) is 5. The minimum atomic E-state index is -0.788. The average Bonchev–Trinajstić information content (AvgIpc) is 3.29. The van der Waals surface area contributed by atoms with E-state index in [1.807, 2.05) is 6.07 Å². The highest BCUT2D eigenvalue weighted by Crippen LogP contribution is 2.12. The van der Waals surface area contributed by atoms with E-state index in [1.165, 1.54) is 12.3 Å². The number of amides is 1. The Bertz CT molecular complexity index is 1330. The van der Waals surface area contributed by atoms with Crippen LogP contribution in [0.5, 0.6) is 0 Å². The molecule has 2 heterocycles. The van der Waals surface area contributed by atoms with E-state index in [-0.39, 0.29) is 13.1 Å². The van der Waals surface area contributed by atoms with Crippen LogP contribution in [0, 0.1) is 0 Å². The summed E-state index contributed by atoms with van der Waals surface area (Å²) < 4.78 is 7.17. The van der Waals surface area contributed by atoms with Crippen molar-refractivity contribution in [1.29, 1.82) is 0 Å². The molecule has 0 spiro atoms. The van der Waals surface area contributed by atoms with Gasteiger partial charge in [-0.2, -0.15) is 9.78 Å². The average molecular weight is 437 g/mol. The lowest BCUT2D eigenvalue weighted by Gasteiger charge is -2.12. The van der Waals surface area contributed by atoms with Gasteiger partial charge in [0.2, 0.25) is 5.69 Å². The van der Waals surface area contributed by atoms with Gasteiger partial charge in [-0.25, -0.2) is 4.79 Å². The van der Waals surface area contributed by atoms with Crippen LogP contribution in [0.1, 0.15) is 21.8 Å². The fourth-order valence-electron chi connectivity index (χ4n) is 3.00. The smallest absolute Gasteiger partial charge is 0.352 e. The Hall–Kier alpha value is -3.91. The summed E-state index contributed by atoms with van der Waals surface area (Å²) >= 11 is 6.06. The fourth-order valence-corrected chi connectivity index (χ4v) is 3.19. The molecule has 31 heavy (non-hydrogen) atoms. The lowest BCUT2D eigenvalue weighted by atomic mass is 10.2. The molecule has 4 aromatic rings. The maximum atomic E-state index is 13.1. The third-order valence-electron chi connectivity index (χ3n) is 4.51. The highest BCUT2D eigenvalue weighted by molar-refractivity contribution is 6.30. The summed E-state index contributed by atoms with van der Waals surface area (Å²) in [6, 6.07) is 18.8. The minimum absolute atomic E-state index is 0.0138. The lowest BCUT2D eigenvalue weighted by molar-refractivity contribution is 0.0938. The number of halogens is 1. The van der Waals surface area contributed by atoms with Crippen LogP contribution in [-0.2, 0) is 13.1 Å². The molecule has 1 amide bonds. The van der Waals surface area contributed by atoms with Gasteiger partial charge >= 0.3 is 5.69 Å². The number of rotatable bonds is 6.